The lowest BCUT2D eigenvalue weighted by Crippen LogP contribution is -2.32. The minimum absolute atomic E-state index is 0.390. The van der Waals surface area contributed by atoms with Gasteiger partial charge in [0.2, 0.25) is 0 Å². The third kappa shape index (κ3) is 6.76. The quantitative estimate of drug-likeness (QED) is 0.719. The number of carbonyl (C=O) groups excluding carboxylic acids is 2. The molecule has 1 heterocycles. The van der Waals surface area contributed by atoms with E-state index in [1.165, 1.54) is 4.57 Å². The summed E-state index contributed by atoms with van der Waals surface area (Å²) in [5.41, 5.74) is 0.791. The Bertz CT molecular complexity index is 867. The van der Waals surface area contributed by atoms with Gasteiger partial charge in [0.25, 0.3) is 0 Å². The Morgan fingerprint density at radius 1 is 1.04 bits per heavy atom. The van der Waals surface area contributed by atoms with Crippen molar-refractivity contribution in [2.75, 3.05) is 6.54 Å². The van der Waals surface area contributed by atoms with Crippen LogP contribution >= 0.6 is 0 Å². The number of carbonyl (C=O) groups is 2. The molecule has 0 aliphatic rings. The molecule has 152 valence electrons. The molecule has 1 N–H and O–H groups in total. The topological polar surface area (TPSA) is 69.6 Å². The van der Waals surface area contributed by atoms with Crippen molar-refractivity contribution in [2.45, 2.75) is 59.2 Å². The summed E-state index contributed by atoms with van der Waals surface area (Å²) in [6.07, 6.45) is 5.59. The van der Waals surface area contributed by atoms with Gasteiger partial charge in [-0.1, -0.05) is 18.2 Å². The van der Waals surface area contributed by atoms with Crippen LogP contribution in [-0.2, 0) is 9.47 Å². The number of rotatable bonds is 4. The molecule has 2 rings (SSSR count). The molecule has 1 amide bonds. The van der Waals surface area contributed by atoms with E-state index in [-0.39, 0.29) is 6.09 Å². The van der Waals surface area contributed by atoms with Gasteiger partial charge in [-0.05, 0) is 71.7 Å². The van der Waals surface area contributed by atoms with Crippen LogP contribution in [0, 0.1) is 0 Å². The molecule has 0 aliphatic carbocycles. The maximum atomic E-state index is 12.3. The van der Waals surface area contributed by atoms with E-state index in [2.05, 4.69) is 5.32 Å². The molecule has 28 heavy (non-hydrogen) atoms. The van der Waals surface area contributed by atoms with Crippen LogP contribution in [-0.4, -0.2) is 34.5 Å². The molecule has 1 aromatic heterocycles. The number of alkyl carbamates (subject to hydrolysis) is 1. The Hall–Kier alpha value is -2.76. The van der Waals surface area contributed by atoms with Crippen LogP contribution < -0.4 is 5.32 Å². The monoisotopic (exact) mass is 386 g/mol. The third-order valence-electron chi connectivity index (χ3n) is 3.59. The molecule has 0 fully saturated rings. The highest BCUT2D eigenvalue weighted by atomic mass is 16.6. The molecule has 6 nitrogen and oxygen atoms in total. The molecular formula is C22H30N2O4. The first-order chi connectivity index (χ1) is 12.9. The number of amides is 1. The average molecular weight is 386 g/mol. The predicted molar refractivity (Wildman–Crippen MR) is 111 cm³/mol. The van der Waals surface area contributed by atoms with Gasteiger partial charge in [0.15, 0.2) is 0 Å². The SMILES string of the molecule is CC(C)(C)OC(=O)NCCC=Cc1ccc2c(ccn2C(=O)OC(C)(C)C)c1. The zero-order valence-corrected chi connectivity index (χ0v) is 17.5. The van der Waals surface area contributed by atoms with E-state index in [0.29, 0.717) is 13.0 Å². The first kappa shape index (κ1) is 21.5. The summed E-state index contributed by atoms with van der Waals surface area (Å²) in [6.45, 7) is 11.5. The molecule has 0 spiro atoms. The Kier molecular flexibility index (Phi) is 6.54. The van der Waals surface area contributed by atoms with Gasteiger partial charge in [0, 0.05) is 18.1 Å². The number of ether oxygens (including phenoxy) is 2. The highest BCUT2D eigenvalue weighted by Gasteiger charge is 2.19. The van der Waals surface area contributed by atoms with E-state index in [0.717, 1.165) is 16.5 Å². The number of nitrogens with zero attached hydrogens (tertiary/aromatic N) is 1. The van der Waals surface area contributed by atoms with Gasteiger partial charge < -0.3 is 14.8 Å². The third-order valence-corrected chi connectivity index (χ3v) is 3.59. The fourth-order valence-corrected chi connectivity index (χ4v) is 2.53. The molecule has 0 saturated carbocycles. The van der Waals surface area contributed by atoms with Gasteiger partial charge >= 0.3 is 12.2 Å². The number of hydrogen-bond acceptors (Lipinski definition) is 4. The minimum atomic E-state index is -0.538. The van der Waals surface area contributed by atoms with E-state index in [1.54, 1.807) is 6.20 Å². The number of aromatic nitrogens is 1. The lowest BCUT2D eigenvalue weighted by Gasteiger charge is -2.19. The summed E-state index contributed by atoms with van der Waals surface area (Å²) < 4.78 is 12.1. The molecule has 2 aromatic rings. The Morgan fingerprint density at radius 2 is 1.71 bits per heavy atom. The van der Waals surface area contributed by atoms with Crippen molar-refractivity contribution in [3.8, 4) is 0 Å². The van der Waals surface area contributed by atoms with Gasteiger partial charge in [0.1, 0.15) is 11.2 Å². The maximum Gasteiger partial charge on any atom is 0.418 e. The highest BCUT2D eigenvalue weighted by molar-refractivity contribution is 5.90. The summed E-state index contributed by atoms with van der Waals surface area (Å²) in [5.74, 6) is 0. The standard InChI is InChI=1S/C22H30N2O4/c1-21(2,3)27-19(25)23-13-8-7-9-16-10-11-18-17(15-16)12-14-24(18)20(26)28-22(4,5)6/h7,9-12,14-15H,8,13H2,1-6H3,(H,23,25). The lowest BCUT2D eigenvalue weighted by atomic mass is 10.1. The van der Waals surface area contributed by atoms with Crippen molar-refractivity contribution in [1.29, 1.82) is 0 Å². The predicted octanol–water partition coefficient (Wildman–Crippen LogP) is 5.35. The van der Waals surface area contributed by atoms with Crippen molar-refractivity contribution in [1.82, 2.24) is 9.88 Å². The summed E-state index contributed by atoms with van der Waals surface area (Å²) in [5, 5.41) is 3.68. The van der Waals surface area contributed by atoms with Crippen LogP contribution in [0.15, 0.2) is 36.5 Å². The number of benzene rings is 1. The van der Waals surface area contributed by atoms with E-state index >= 15 is 0 Å². The normalized spacial score (nSPS) is 12.4. The fraction of sp³-hybridized carbons (Fsp3) is 0.455. The van der Waals surface area contributed by atoms with Gasteiger partial charge in [-0.25, -0.2) is 9.59 Å². The van der Waals surface area contributed by atoms with Crippen LogP contribution in [0.25, 0.3) is 17.0 Å². The number of hydrogen-bond donors (Lipinski definition) is 1. The van der Waals surface area contributed by atoms with E-state index < -0.39 is 17.3 Å². The zero-order valence-electron chi connectivity index (χ0n) is 17.5. The minimum Gasteiger partial charge on any atom is -0.444 e. The second kappa shape index (κ2) is 8.50. The van der Waals surface area contributed by atoms with E-state index in [4.69, 9.17) is 9.47 Å². The molecule has 0 saturated heterocycles. The zero-order chi connectivity index (χ0) is 20.9. The molecule has 0 atom stereocenters. The average Bonchev–Trinajstić information content (AvgIpc) is 2.94. The molecule has 0 unspecified atom stereocenters. The lowest BCUT2D eigenvalue weighted by molar-refractivity contribution is 0.0522. The van der Waals surface area contributed by atoms with Crippen molar-refractivity contribution in [3.05, 3.63) is 42.1 Å². The number of fused-ring (bicyclic) bond motifs is 1. The second-order valence-electron chi connectivity index (χ2n) is 8.60. The van der Waals surface area contributed by atoms with Crippen molar-refractivity contribution < 1.29 is 19.1 Å². The summed E-state index contributed by atoms with van der Waals surface area (Å²) in [7, 11) is 0. The molecule has 0 aliphatic heterocycles. The largest absolute Gasteiger partial charge is 0.444 e. The highest BCUT2D eigenvalue weighted by Crippen LogP contribution is 2.20. The molecular weight excluding hydrogens is 356 g/mol. The fourth-order valence-electron chi connectivity index (χ4n) is 2.53. The molecule has 1 aromatic carbocycles. The van der Waals surface area contributed by atoms with E-state index in [1.807, 2.05) is 78.0 Å². The Balaban J connectivity index is 1.93. The molecule has 6 heteroatoms. The smallest absolute Gasteiger partial charge is 0.418 e. The first-order valence-electron chi connectivity index (χ1n) is 9.42. The van der Waals surface area contributed by atoms with Crippen molar-refractivity contribution >= 4 is 29.2 Å². The molecule has 0 bridgehead atoms. The Morgan fingerprint density at radius 3 is 2.36 bits per heavy atom. The van der Waals surface area contributed by atoms with Crippen LogP contribution in [0.4, 0.5) is 9.59 Å². The summed E-state index contributed by atoms with van der Waals surface area (Å²) in [4.78, 5) is 23.9. The maximum absolute atomic E-state index is 12.3. The van der Waals surface area contributed by atoms with Crippen LogP contribution in [0.2, 0.25) is 0 Å². The second-order valence-corrected chi connectivity index (χ2v) is 8.60. The van der Waals surface area contributed by atoms with Gasteiger partial charge in [-0.2, -0.15) is 0 Å². The van der Waals surface area contributed by atoms with Crippen LogP contribution in [0.3, 0.4) is 0 Å². The van der Waals surface area contributed by atoms with Gasteiger partial charge in [0.05, 0.1) is 5.52 Å². The van der Waals surface area contributed by atoms with Crippen molar-refractivity contribution in [2.24, 2.45) is 0 Å². The number of nitrogens with one attached hydrogen (secondary N) is 1. The van der Waals surface area contributed by atoms with Gasteiger partial charge in [-0.3, -0.25) is 4.57 Å². The Labute approximate surface area is 166 Å². The van der Waals surface area contributed by atoms with E-state index in [9.17, 15) is 9.59 Å². The molecule has 0 radical (unpaired) electrons. The first-order valence-corrected chi connectivity index (χ1v) is 9.42. The van der Waals surface area contributed by atoms with Crippen LogP contribution in [0.5, 0.6) is 0 Å². The van der Waals surface area contributed by atoms with Gasteiger partial charge in [-0.15, -0.1) is 0 Å². The van der Waals surface area contributed by atoms with Crippen molar-refractivity contribution in [3.63, 3.8) is 0 Å². The summed E-state index contributed by atoms with van der Waals surface area (Å²) >= 11 is 0. The van der Waals surface area contributed by atoms with Crippen LogP contribution in [0.1, 0.15) is 53.5 Å². The summed E-state index contributed by atoms with van der Waals surface area (Å²) in [6, 6.07) is 7.74.